The van der Waals surface area contributed by atoms with Gasteiger partial charge in [0, 0.05) is 11.3 Å². The summed E-state index contributed by atoms with van der Waals surface area (Å²) in [5.74, 6) is 0.833. The maximum Gasteiger partial charge on any atom is 0.119 e. The molecule has 78 valence electrons. The summed E-state index contributed by atoms with van der Waals surface area (Å²) in [5, 5.41) is 7.17. The quantitative estimate of drug-likeness (QED) is 0.907. The first-order valence-electron chi connectivity index (χ1n) is 4.57. The normalized spacial score (nSPS) is 10.3. The van der Waals surface area contributed by atoms with Crippen molar-refractivity contribution in [3.05, 3.63) is 34.4 Å². The molecule has 1 aromatic heterocycles. The lowest BCUT2D eigenvalue weighted by Crippen LogP contribution is -1.84. The maximum absolute atomic E-state index is 5.17. The Bertz CT molecular complexity index is 479. The second kappa shape index (κ2) is 4.06. The van der Waals surface area contributed by atoms with Crippen molar-refractivity contribution in [2.24, 2.45) is 0 Å². The van der Waals surface area contributed by atoms with E-state index >= 15 is 0 Å². The number of aromatic amines is 1. The monoisotopic (exact) mass is 266 g/mol. The zero-order chi connectivity index (χ0) is 10.8. The average molecular weight is 267 g/mol. The summed E-state index contributed by atoms with van der Waals surface area (Å²) < 4.78 is 6.17. The Labute approximate surface area is 96.6 Å². The van der Waals surface area contributed by atoms with Crippen LogP contribution >= 0.6 is 15.9 Å². The molecule has 1 heterocycles. The second-order valence-electron chi connectivity index (χ2n) is 3.24. The van der Waals surface area contributed by atoms with Crippen LogP contribution in [-0.4, -0.2) is 17.3 Å². The molecule has 0 fully saturated rings. The van der Waals surface area contributed by atoms with Gasteiger partial charge in [-0.25, -0.2) is 0 Å². The largest absolute Gasteiger partial charge is 0.497 e. The van der Waals surface area contributed by atoms with E-state index in [4.69, 9.17) is 4.74 Å². The molecule has 0 aliphatic carbocycles. The third-order valence-corrected chi connectivity index (χ3v) is 3.19. The van der Waals surface area contributed by atoms with Crippen molar-refractivity contribution in [3.63, 3.8) is 0 Å². The highest BCUT2D eigenvalue weighted by Gasteiger charge is 2.09. The first kappa shape index (κ1) is 10.2. The molecule has 2 aromatic rings. The van der Waals surface area contributed by atoms with Crippen LogP contribution in [0.25, 0.3) is 11.3 Å². The Balaban J connectivity index is 2.49. The highest BCUT2D eigenvalue weighted by molar-refractivity contribution is 9.10. The van der Waals surface area contributed by atoms with Crippen LogP contribution in [0.5, 0.6) is 5.75 Å². The van der Waals surface area contributed by atoms with Gasteiger partial charge in [-0.15, -0.1) is 0 Å². The van der Waals surface area contributed by atoms with Crippen molar-refractivity contribution in [1.82, 2.24) is 10.2 Å². The van der Waals surface area contributed by atoms with Crippen molar-refractivity contribution in [1.29, 1.82) is 0 Å². The van der Waals surface area contributed by atoms with E-state index in [0.29, 0.717) is 0 Å². The van der Waals surface area contributed by atoms with Crippen molar-refractivity contribution in [2.45, 2.75) is 6.92 Å². The van der Waals surface area contributed by atoms with Crippen molar-refractivity contribution >= 4 is 15.9 Å². The van der Waals surface area contributed by atoms with Gasteiger partial charge in [-0.2, -0.15) is 5.10 Å². The third-order valence-electron chi connectivity index (χ3n) is 2.22. The summed E-state index contributed by atoms with van der Waals surface area (Å²) in [6, 6.07) is 7.82. The number of halogens is 1. The molecule has 1 N–H and O–H groups in total. The molecule has 0 saturated carbocycles. The van der Waals surface area contributed by atoms with Gasteiger partial charge in [0.1, 0.15) is 11.4 Å². The minimum Gasteiger partial charge on any atom is -0.497 e. The van der Waals surface area contributed by atoms with Gasteiger partial charge in [0.2, 0.25) is 0 Å². The van der Waals surface area contributed by atoms with E-state index in [0.717, 1.165) is 27.2 Å². The summed E-state index contributed by atoms with van der Waals surface area (Å²) in [6.45, 7) is 1.97. The zero-order valence-corrected chi connectivity index (χ0v) is 10.1. The van der Waals surface area contributed by atoms with E-state index in [1.54, 1.807) is 7.11 Å². The van der Waals surface area contributed by atoms with Crippen molar-refractivity contribution in [3.8, 4) is 17.0 Å². The van der Waals surface area contributed by atoms with Gasteiger partial charge in [-0.05, 0) is 35.0 Å². The van der Waals surface area contributed by atoms with Crippen molar-refractivity contribution < 1.29 is 4.74 Å². The number of hydrogen-bond donors (Lipinski definition) is 1. The fourth-order valence-electron chi connectivity index (χ4n) is 1.38. The molecule has 0 unspecified atom stereocenters. The maximum atomic E-state index is 5.17. The molecule has 0 amide bonds. The molecule has 4 heteroatoms. The molecule has 3 nitrogen and oxygen atoms in total. The highest BCUT2D eigenvalue weighted by atomic mass is 79.9. The summed E-state index contributed by atoms with van der Waals surface area (Å²) in [4.78, 5) is 0. The van der Waals surface area contributed by atoms with E-state index in [1.807, 2.05) is 31.2 Å². The topological polar surface area (TPSA) is 37.9 Å². The molecule has 0 spiro atoms. The van der Waals surface area contributed by atoms with Crippen LogP contribution in [0.1, 0.15) is 5.69 Å². The van der Waals surface area contributed by atoms with Gasteiger partial charge >= 0.3 is 0 Å². The Morgan fingerprint density at radius 2 is 2.20 bits per heavy atom. The van der Waals surface area contributed by atoms with Crippen LogP contribution in [0.3, 0.4) is 0 Å². The SMILES string of the molecule is COc1cccc(-c2n[nH]c(C)c2Br)c1. The first-order chi connectivity index (χ1) is 7.22. The Kier molecular flexibility index (Phi) is 2.77. The van der Waals surface area contributed by atoms with Crippen LogP contribution in [0.15, 0.2) is 28.7 Å². The zero-order valence-electron chi connectivity index (χ0n) is 8.54. The predicted molar refractivity (Wildman–Crippen MR) is 63.0 cm³/mol. The number of hydrogen-bond acceptors (Lipinski definition) is 2. The molecular weight excluding hydrogens is 256 g/mol. The minimum atomic E-state index is 0.833. The van der Waals surface area contributed by atoms with Gasteiger partial charge in [0.25, 0.3) is 0 Å². The molecule has 0 aliphatic rings. The second-order valence-corrected chi connectivity index (χ2v) is 4.04. The molecule has 0 saturated heterocycles. The number of methoxy groups -OCH3 is 1. The van der Waals surface area contributed by atoms with Gasteiger partial charge in [0.05, 0.1) is 11.6 Å². The minimum absolute atomic E-state index is 0.833. The molecular formula is C11H11BrN2O. The van der Waals surface area contributed by atoms with Crippen LogP contribution in [0, 0.1) is 6.92 Å². The predicted octanol–water partition coefficient (Wildman–Crippen LogP) is 3.16. The van der Waals surface area contributed by atoms with E-state index in [-0.39, 0.29) is 0 Å². The first-order valence-corrected chi connectivity index (χ1v) is 5.36. The highest BCUT2D eigenvalue weighted by Crippen LogP contribution is 2.30. The van der Waals surface area contributed by atoms with Gasteiger partial charge < -0.3 is 4.74 Å². The molecule has 0 radical (unpaired) electrons. The number of rotatable bonds is 2. The number of nitrogens with zero attached hydrogens (tertiary/aromatic N) is 1. The fraction of sp³-hybridized carbons (Fsp3) is 0.182. The van der Waals surface area contributed by atoms with Crippen LogP contribution in [0.4, 0.5) is 0 Å². The number of aromatic nitrogens is 2. The van der Waals surface area contributed by atoms with E-state index in [1.165, 1.54) is 0 Å². The van der Waals surface area contributed by atoms with Crippen LogP contribution in [-0.2, 0) is 0 Å². The smallest absolute Gasteiger partial charge is 0.119 e. The number of nitrogens with one attached hydrogen (secondary N) is 1. The lowest BCUT2D eigenvalue weighted by atomic mass is 10.1. The van der Waals surface area contributed by atoms with Crippen LogP contribution in [0.2, 0.25) is 0 Å². The summed E-state index contributed by atoms with van der Waals surface area (Å²) in [6.07, 6.45) is 0. The van der Waals surface area contributed by atoms with E-state index in [9.17, 15) is 0 Å². The fourth-order valence-corrected chi connectivity index (χ4v) is 1.78. The summed E-state index contributed by atoms with van der Waals surface area (Å²) in [7, 11) is 1.66. The standard InChI is InChI=1S/C11H11BrN2O/c1-7-10(12)11(14-13-7)8-4-3-5-9(6-8)15-2/h3-6H,1-2H3,(H,13,14). The Hall–Kier alpha value is -1.29. The molecule has 1 aromatic carbocycles. The summed E-state index contributed by atoms with van der Waals surface area (Å²) in [5.41, 5.74) is 2.96. The number of benzene rings is 1. The molecule has 0 bridgehead atoms. The molecule has 0 aliphatic heterocycles. The lowest BCUT2D eigenvalue weighted by molar-refractivity contribution is 0.415. The number of aryl methyl sites for hydroxylation is 1. The number of H-pyrrole nitrogens is 1. The van der Waals surface area contributed by atoms with Crippen molar-refractivity contribution in [2.75, 3.05) is 7.11 Å². The number of ether oxygens (including phenoxy) is 1. The Morgan fingerprint density at radius 1 is 1.40 bits per heavy atom. The Morgan fingerprint density at radius 3 is 2.80 bits per heavy atom. The van der Waals surface area contributed by atoms with Crippen LogP contribution < -0.4 is 4.74 Å². The van der Waals surface area contributed by atoms with Gasteiger partial charge in [-0.1, -0.05) is 12.1 Å². The molecule has 0 atom stereocenters. The third kappa shape index (κ3) is 1.90. The summed E-state index contributed by atoms with van der Waals surface area (Å²) >= 11 is 3.50. The lowest BCUT2D eigenvalue weighted by Gasteiger charge is -2.02. The average Bonchev–Trinajstić information content (AvgIpc) is 2.60. The molecule has 15 heavy (non-hydrogen) atoms. The van der Waals surface area contributed by atoms with Gasteiger partial charge in [-0.3, -0.25) is 5.10 Å². The molecule has 2 rings (SSSR count). The van der Waals surface area contributed by atoms with E-state index < -0.39 is 0 Å². The van der Waals surface area contributed by atoms with Gasteiger partial charge in [0.15, 0.2) is 0 Å². The van der Waals surface area contributed by atoms with E-state index in [2.05, 4.69) is 26.1 Å².